The van der Waals surface area contributed by atoms with Crippen molar-refractivity contribution in [2.45, 2.75) is 13.5 Å². The molecule has 0 aromatic carbocycles. The van der Waals surface area contributed by atoms with Gasteiger partial charge in [-0.05, 0) is 18.4 Å². The molecule has 0 unspecified atom stereocenters. The van der Waals surface area contributed by atoms with Crippen molar-refractivity contribution in [1.29, 1.82) is 0 Å². The maximum absolute atomic E-state index is 12.0. The second-order valence-corrected chi connectivity index (χ2v) is 4.66. The number of ether oxygens (including phenoxy) is 1. The van der Waals surface area contributed by atoms with E-state index in [9.17, 15) is 9.59 Å². The molecule has 0 saturated carbocycles. The number of hydroxylamine groups is 1. The SMILES string of the molecule is CCOC(=O)N1CC(=O)N(OC)c2ccsc2C1. The van der Waals surface area contributed by atoms with E-state index in [4.69, 9.17) is 9.57 Å². The molecule has 2 amide bonds. The average Bonchev–Trinajstić information content (AvgIpc) is 2.73. The summed E-state index contributed by atoms with van der Waals surface area (Å²) < 4.78 is 4.93. The zero-order valence-electron chi connectivity index (χ0n) is 10.2. The molecular formula is C11H14N2O4S. The van der Waals surface area contributed by atoms with E-state index in [1.807, 2.05) is 5.38 Å². The first-order valence-corrected chi connectivity index (χ1v) is 6.40. The Morgan fingerprint density at radius 1 is 1.50 bits per heavy atom. The summed E-state index contributed by atoms with van der Waals surface area (Å²) >= 11 is 1.48. The minimum Gasteiger partial charge on any atom is -0.450 e. The zero-order valence-corrected chi connectivity index (χ0v) is 11.0. The number of carbonyl (C=O) groups is 2. The molecule has 0 atom stereocenters. The van der Waals surface area contributed by atoms with Crippen LogP contribution in [0.15, 0.2) is 11.4 Å². The quantitative estimate of drug-likeness (QED) is 0.819. The Morgan fingerprint density at radius 2 is 2.28 bits per heavy atom. The molecule has 0 fully saturated rings. The molecule has 1 aromatic heterocycles. The van der Waals surface area contributed by atoms with E-state index in [2.05, 4.69) is 0 Å². The van der Waals surface area contributed by atoms with Gasteiger partial charge in [0.15, 0.2) is 0 Å². The van der Waals surface area contributed by atoms with Crippen molar-refractivity contribution in [1.82, 2.24) is 4.90 Å². The number of fused-ring (bicyclic) bond motifs is 1. The second kappa shape index (κ2) is 5.36. The van der Waals surface area contributed by atoms with E-state index in [-0.39, 0.29) is 19.1 Å². The highest BCUT2D eigenvalue weighted by Crippen LogP contribution is 2.30. The second-order valence-electron chi connectivity index (χ2n) is 3.65. The summed E-state index contributed by atoms with van der Waals surface area (Å²) in [5.41, 5.74) is 0.694. The Morgan fingerprint density at radius 3 is 2.94 bits per heavy atom. The molecule has 0 radical (unpaired) electrons. The van der Waals surface area contributed by atoms with Crippen molar-refractivity contribution in [3.05, 3.63) is 16.3 Å². The molecule has 18 heavy (non-hydrogen) atoms. The topological polar surface area (TPSA) is 59.1 Å². The molecule has 7 heteroatoms. The van der Waals surface area contributed by atoms with Crippen molar-refractivity contribution in [3.8, 4) is 0 Å². The van der Waals surface area contributed by atoms with Crippen LogP contribution in [-0.2, 0) is 20.9 Å². The molecule has 0 saturated heterocycles. The summed E-state index contributed by atoms with van der Waals surface area (Å²) in [5, 5.41) is 3.07. The lowest BCUT2D eigenvalue weighted by atomic mass is 10.4. The molecule has 2 heterocycles. The number of anilines is 1. The van der Waals surface area contributed by atoms with Crippen LogP contribution in [0.2, 0.25) is 0 Å². The molecule has 98 valence electrons. The standard InChI is InChI=1S/C11H14N2O4S/c1-3-17-11(15)12-6-9-8(4-5-18-9)13(16-2)10(14)7-12/h4-5H,3,6-7H2,1-2H3. The van der Waals surface area contributed by atoms with Crippen LogP contribution in [-0.4, -0.2) is 37.2 Å². The van der Waals surface area contributed by atoms with Crippen molar-refractivity contribution in [2.75, 3.05) is 25.3 Å². The first-order valence-electron chi connectivity index (χ1n) is 5.52. The fourth-order valence-corrected chi connectivity index (χ4v) is 2.63. The van der Waals surface area contributed by atoms with Gasteiger partial charge in [-0.3, -0.25) is 14.5 Å². The van der Waals surface area contributed by atoms with Crippen LogP contribution in [0.25, 0.3) is 0 Å². The molecule has 1 aromatic rings. The first kappa shape index (κ1) is 12.8. The molecular weight excluding hydrogens is 256 g/mol. The summed E-state index contributed by atoms with van der Waals surface area (Å²) in [6, 6.07) is 1.80. The lowest BCUT2D eigenvalue weighted by molar-refractivity contribution is -0.125. The molecule has 0 aliphatic carbocycles. The minimum atomic E-state index is -0.483. The maximum atomic E-state index is 12.0. The predicted octanol–water partition coefficient (Wildman–Crippen LogP) is 1.61. The first-order chi connectivity index (χ1) is 8.67. The highest BCUT2D eigenvalue weighted by atomic mass is 32.1. The van der Waals surface area contributed by atoms with Gasteiger partial charge in [0.1, 0.15) is 6.54 Å². The lowest BCUT2D eigenvalue weighted by Gasteiger charge is -2.19. The highest BCUT2D eigenvalue weighted by Gasteiger charge is 2.30. The molecule has 6 nitrogen and oxygen atoms in total. The summed E-state index contributed by atoms with van der Waals surface area (Å²) in [4.78, 5) is 31.0. The summed E-state index contributed by atoms with van der Waals surface area (Å²) in [6.07, 6.45) is -0.483. The Bertz CT molecular complexity index is 460. The fraction of sp³-hybridized carbons (Fsp3) is 0.455. The van der Waals surface area contributed by atoms with Crippen molar-refractivity contribution in [2.24, 2.45) is 0 Å². The van der Waals surface area contributed by atoms with Gasteiger partial charge in [0.2, 0.25) is 0 Å². The third-order valence-corrected chi connectivity index (χ3v) is 3.43. The zero-order chi connectivity index (χ0) is 13.1. The summed E-state index contributed by atoms with van der Waals surface area (Å²) in [7, 11) is 1.43. The molecule has 0 spiro atoms. The molecule has 0 N–H and O–H groups in total. The van der Waals surface area contributed by atoms with Crippen LogP contribution in [0.4, 0.5) is 10.5 Å². The third-order valence-electron chi connectivity index (χ3n) is 2.54. The van der Waals surface area contributed by atoms with Crippen LogP contribution >= 0.6 is 11.3 Å². The van der Waals surface area contributed by atoms with Crippen LogP contribution in [0.3, 0.4) is 0 Å². The normalized spacial score (nSPS) is 15.3. The smallest absolute Gasteiger partial charge is 0.410 e. The molecule has 1 aliphatic heterocycles. The van der Waals surface area contributed by atoms with Gasteiger partial charge in [-0.25, -0.2) is 4.79 Å². The number of thiophene rings is 1. The van der Waals surface area contributed by atoms with Gasteiger partial charge in [0.05, 0.1) is 30.8 Å². The van der Waals surface area contributed by atoms with E-state index in [1.54, 1.807) is 13.0 Å². The van der Waals surface area contributed by atoms with E-state index in [0.717, 1.165) is 4.88 Å². The van der Waals surface area contributed by atoms with E-state index < -0.39 is 6.09 Å². The van der Waals surface area contributed by atoms with E-state index in [1.165, 1.54) is 28.4 Å². The fourth-order valence-electron chi connectivity index (χ4n) is 1.77. The summed E-state index contributed by atoms with van der Waals surface area (Å²) in [5.74, 6) is -0.289. The van der Waals surface area contributed by atoms with Crippen LogP contribution in [0, 0.1) is 0 Å². The van der Waals surface area contributed by atoms with Crippen molar-refractivity contribution < 1.29 is 19.2 Å². The third kappa shape index (κ3) is 2.32. The molecule has 1 aliphatic rings. The van der Waals surface area contributed by atoms with Crippen LogP contribution in [0.5, 0.6) is 0 Å². The minimum absolute atomic E-state index is 0.0475. The number of nitrogens with zero attached hydrogens (tertiary/aromatic N) is 2. The Balaban J connectivity index is 2.27. The molecule has 2 rings (SSSR count). The van der Waals surface area contributed by atoms with Gasteiger partial charge in [-0.2, -0.15) is 5.06 Å². The van der Waals surface area contributed by atoms with Gasteiger partial charge < -0.3 is 4.74 Å². The predicted molar refractivity (Wildman–Crippen MR) is 66.2 cm³/mol. The summed E-state index contributed by atoms with van der Waals surface area (Å²) in [6.45, 7) is 2.33. The Kier molecular flexibility index (Phi) is 3.83. The van der Waals surface area contributed by atoms with E-state index in [0.29, 0.717) is 12.2 Å². The molecule has 0 bridgehead atoms. The largest absolute Gasteiger partial charge is 0.450 e. The van der Waals surface area contributed by atoms with Gasteiger partial charge in [-0.15, -0.1) is 11.3 Å². The Labute approximate surface area is 109 Å². The van der Waals surface area contributed by atoms with Crippen LogP contribution in [0.1, 0.15) is 11.8 Å². The lowest BCUT2D eigenvalue weighted by Crippen LogP contribution is -2.39. The number of carbonyl (C=O) groups excluding carboxylic acids is 2. The number of hydrogen-bond acceptors (Lipinski definition) is 5. The van der Waals surface area contributed by atoms with Crippen LogP contribution < -0.4 is 5.06 Å². The van der Waals surface area contributed by atoms with Gasteiger partial charge in [0.25, 0.3) is 5.91 Å². The van der Waals surface area contributed by atoms with E-state index >= 15 is 0 Å². The van der Waals surface area contributed by atoms with Gasteiger partial charge in [-0.1, -0.05) is 0 Å². The number of rotatable bonds is 2. The number of amides is 2. The maximum Gasteiger partial charge on any atom is 0.410 e. The average molecular weight is 270 g/mol. The van der Waals surface area contributed by atoms with Crippen molar-refractivity contribution >= 4 is 29.0 Å². The Hall–Kier alpha value is -1.60. The number of hydrogen-bond donors (Lipinski definition) is 0. The van der Waals surface area contributed by atoms with Gasteiger partial charge >= 0.3 is 6.09 Å². The highest BCUT2D eigenvalue weighted by molar-refractivity contribution is 7.10. The van der Waals surface area contributed by atoms with Gasteiger partial charge in [0, 0.05) is 0 Å². The monoisotopic (exact) mass is 270 g/mol. The van der Waals surface area contributed by atoms with Crippen molar-refractivity contribution in [3.63, 3.8) is 0 Å².